The van der Waals surface area contributed by atoms with Crippen LogP contribution in [0.3, 0.4) is 0 Å². The van der Waals surface area contributed by atoms with Crippen LogP contribution in [0.15, 0.2) is 42.5 Å². The van der Waals surface area contributed by atoms with Crippen LogP contribution in [0, 0.1) is 23.6 Å². The van der Waals surface area contributed by atoms with Crippen molar-refractivity contribution < 1.29 is 4.39 Å². The van der Waals surface area contributed by atoms with E-state index in [1.165, 1.54) is 95.5 Å². The van der Waals surface area contributed by atoms with Crippen molar-refractivity contribution in [2.24, 2.45) is 17.8 Å². The molecule has 2 aliphatic rings. The predicted octanol–water partition coefficient (Wildman–Crippen LogP) is 10.6. The monoisotopic (exact) mass is 468 g/mol. The van der Waals surface area contributed by atoms with E-state index < -0.39 is 0 Å². The van der Waals surface area contributed by atoms with Crippen molar-refractivity contribution >= 4 is 11.6 Å². The standard InChI is InChI=1S/C31H42ClF/c1-2-3-4-5-23-6-8-24(9-7-23)10-11-25-12-14-26(15-13-25)28-18-21-30(31(33)22-28)27-16-19-29(32)20-17-27/h16-26H,2-15H2,1H3. The summed E-state index contributed by atoms with van der Waals surface area (Å²) in [5.74, 6) is 3.31. The average molecular weight is 469 g/mol. The van der Waals surface area contributed by atoms with Crippen LogP contribution < -0.4 is 0 Å². The molecule has 0 saturated heterocycles. The highest BCUT2D eigenvalue weighted by Gasteiger charge is 2.25. The Balaban J connectivity index is 1.19. The van der Waals surface area contributed by atoms with Crippen LogP contribution in [0.2, 0.25) is 5.02 Å². The lowest BCUT2D eigenvalue weighted by Crippen LogP contribution is -2.18. The summed E-state index contributed by atoms with van der Waals surface area (Å²) in [4.78, 5) is 0. The Morgan fingerprint density at radius 3 is 1.88 bits per heavy atom. The van der Waals surface area contributed by atoms with Gasteiger partial charge in [-0.15, -0.1) is 0 Å². The van der Waals surface area contributed by atoms with Crippen molar-refractivity contribution in [2.75, 3.05) is 0 Å². The third-order valence-electron chi connectivity index (χ3n) is 8.63. The molecule has 2 saturated carbocycles. The zero-order valence-electron chi connectivity index (χ0n) is 20.5. The summed E-state index contributed by atoms with van der Waals surface area (Å²) in [6, 6.07) is 13.3. The maximum absolute atomic E-state index is 14.9. The minimum Gasteiger partial charge on any atom is -0.206 e. The van der Waals surface area contributed by atoms with E-state index in [0.29, 0.717) is 16.5 Å². The normalized spacial score (nSPS) is 25.8. The maximum Gasteiger partial charge on any atom is 0.131 e. The summed E-state index contributed by atoms with van der Waals surface area (Å²) >= 11 is 5.98. The van der Waals surface area contributed by atoms with Gasteiger partial charge in [0.2, 0.25) is 0 Å². The van der Waals surface area contributed by atoms with Crippen LogP contribution in [-0.4, -0.2) is 0 Å². The molecular weight excluding hydrogens is 427 g/mol. The zero-order valence-corrected chi connectivity index (χ0v) is 21.3. The Morgan fingerprint density at radius 1 is 0.727 bits per heavy atom. The zero-order chi connectivity index (χ0) is 23.0. The summed E-state index contributed by atoms with van der Waals surface area (Å²) in [6.07, 6.45) is 19.5. The molecule has 180 valence electrons. The van der Waals surface area contributed by atoms with E-state index >= 15 is 0 Å². The van der Waals surface area contributed by atoms with Crippen LogP contribution in [0.1, 0.15) is 108 Å². The fourth-order valence-electron chi connectivity index (χ4n) is 6.40. The van der Waals surface area contributed by atoms with E-state index in [0.717, 1.165) is 23.3 Å². The largest absolute Gasteiger partial charge is 0.206 e. The van der Waals surface area contributed by atoms with Crippen LogP contribution in [-0.2, 0) is 0 Å². The van der Waals surface area contributed by atoms with Gasteiger partial charge in [-0.2, -0.15) is 0 Å². The lowest BCUT2D eigenvalue weighted by Gasteiger charge is -2.32. The van der Waals surface area contributed by atoms with Crippen molar-refractivity contribution in [1.82, 2.24) is 0 Å². The van der Waals surface area contributed by atoms with Gasteiger partial charge in [-0.25, -0.2) is 4.39 Å². The van der Waals surface area contributed by atoms with Crippen molar-refractivity contribution in [3.8, 4) is 11.1 Å². The van der Waals surface area contributed by atoms with Crippen molar-refractivity contribution in [1.29, 1.82) is 0 Å². The fourth-order valence-corrected chi connectivity index (χ4v) is 6.52. The molecule has 33 heavy (non-hydrogen) atoms. The maximum atomic E-state index is 14.9. The molecule has 0 heterocycles. The van der Waals surface area contributed by atoms with Crippen LogP contribution in [0.5, 0.6) is 0 Å². The summed E-state index contributed by atoms with van der Waals surface area (Å²) in [6.45, 7) is 2.31. The van der Waals surface area contributed by atoms with Gasteiger partial charge < -0.3 is 0 Å². The summed E-state index contributed by atoms with van der Waals surface area (Å²) in [5.41, 5.74) is 2.75. The van der Waals surface area contributed by atoms with Crippen LogP contribution >= 0.6 is 11.6 Å². The van der Waals surface area contributed by atoms with Gasteiger partial charge in [0.05, 0.1) is 0 Å². The molecule has 0 aromatic heterocycles. The Hall–Kier alpha value is -1.34. The highest BCUT2D eigenvalue weighted by atomic mass is 35.5. The van der Waals surface area contributed by atoms with Crippen molar-refractivity contribution in [2.45, 2.75) is 103 Å². The van der Waals surface area contributed by atoms with Crippen LogP contribution in [0.25, 0.3) is 11.1 Å². The first-order valence-corrected chi connectivity index (χ1v) is 14.1. The van der Waals surface area contributed by atoms with E-state index in [-0.39, 0.29) is 5.82 Å². The molecule has 2 aromatic rings. The SMILES string of the molecule is CCCCCC1CCC(CCC2CCC(c3ccc(-c4ccc(Cl)cc4)c(F)c3)CC2)CC1. The van der Waals surface area contributed by atoms with Gasteiger partial charge in [-0.05, 0) is 78.7 Å². The molecule has 2 heteroatoms. The minimum atomic E-state index is -0.109. The topological polar surface area (TPSA) is 0 Å². The lowest BCUT2D eigenvalue weighted by molar-refractivity contribution is 0.222. The van der Waals surface area contributed by atoms with E-state index in [1.807, 2.05) is 30.3 Å². The Labute approximate surface area is 206 Å². The van der Waals surface area contributed by atoms with Gasteiger partial charge in [0.25, 0.3) is 0 Å². The first-order valence-electron chi connectivity index (χ1n) is 13.7. The molecule has 0 spiro atoms. The molecule has 0 unspecified atom stereocenters. The number of hydrogen-bond donors (Lipinski definition) is 0. The summed E-state index contributed by atoms with van der Waals surface area (Å²) in [7, 11) is 0. The second-order valence-corrected chi connectivity index (χ2v) is 11.4. The van der Waals surface area contributed by atoms with Gasteiger partial charge in [-0.1, -0.05) is 107 Å². The number of benzene rings is 2. The first kappa shape index (κ1) is 24.8. The molecule has 2 aliphatic carbocycles. The second kappa shape index (κ2) is 12.4. The second-order valence-electron chi connectivity index (χ2n) is 10.9. The Bertz CT molecular complexity index is 842. The summed E-state index contributed by atoms with van der Waals surface area (Å²) in [5, 5.41) is 0.683. The Kier molecular flexibility index (Phi) is 9.30. The lowest BCUT2D eigenvalue weighted by atomic mass is 9.74. The van der Waals surface area contributed by atoms with E-state index in [4.69, 9.17) is 11.6 Å². The highest BCUT2D eigenvalue weighted by molar-refractivity contribution is 6.30. The molecule has 0 amide bonds. The van der Waals surface area contributed by atoms with E-state index in [9.17, 15) is 4.39 Å². The van der Waals surface area contributed by atoms with E-state index in [1.54, 1.807) is 6.07 Å². The molecule has 0 N–H and O–H groups in total. The van der Waals surface area contributed by atoms with E-state index in [2.05, 4.69) is 13.0 Å². The molecule has 0 radical (unpaired) electrons. The molecule has 4 rings (SSSR count). The van der Waals surface area contributed by atoms with Gasteiger partial charge >= 0.3 is 0 Å². The molecule has 0 nitrogen and oxygen atoms in total. The van der Waals surface area contributed by atoms with Gasteiger partial charge in [0, 0.05) is 10.6 Å². The molecule has 2 aromatic carbocycles. The fraction of sp³-hybridized carbons (Fsp3) is 0.613. The molecule has 2 fully saturated rings. The number of unbranched alkanes of at least 4 members (excludes halogenated alkanes) is 2. The van der Waals surface area contributed by atoms with Gasteiger partial charge in [0.1, 0.15) is 5.82 Å². The first-order chi connectivity index (χ1) is 16.1. The van der Waals surface area contributed by atoms with Crippen molar-refractivity contribution in [3.63, 3.8) is 0 Å². The molecule has 0 bridgehead atoms. The van der Waals surface area contributed by atoms with Crippen molar-refractivity contribution in [3.05, 3.63) is 58.9 Å². The third kappa shape index (κ3) is 7.08. The quantitative estimate of drug-likeness (QED) is 0.321. The smallest absolute Gasteiger partial charge is 0.131 e. The minimum absolute atomic E-state index is 0.109. The van der Waals surface area contributed by atoms with Crippen LogP contribution in [0.4, 0.5) is 4.39 Å². The molecule has 0 aliphatic heterocycles. The third-order valence-corrected chi connectivity index (χ3v) is 8.88. The van der Waals surface area contributed by atoms with Gasteiger partial charge in [0.15, 0.2) is 0 Å². The van der Waals surface area contributed by atoms with Gasteiger partial charge in [-0.3, -0.25) is 0 Å². The number of hydrogen-bond acceptors (Lipinski definition) is 0. The average Bonchev–Trinajstić information content (AvgIpc) is 2.85. The number of halogens is 2. The number of rotatable bonds is 9. The summed E-state index contributed by atoms with van der Waals surface area (Å²) < 4.78 is 14.9. The highest BCUT2D eigenvalue weighted by Crippen LogP contribution is 2.41. The predicted molar refractivity (Wildman–Crippen MR) is 140 cm³/mol. The molecule has 0 atom stereocenters. The Morgan fingerprint density at radius 2 is 1.30 bits per heavy atom. The molecular formula is C31H42ClF.